The van der Waals surface area contributed by atoms with E-state index in [1.54, 1.807) is 18.2 Å². The molecule has 6 nitrogen and oxygen atoms in total. The molecule has 0 amide bonds. The first-order chi connectivity index (χ1) is 16.5. The summed E-state index contributed by atoms with van der Waals surface area (Å²) in [6.07, 6.45) is -2.47. The second-order valence-corrected chi connectivity index (χ2v) is 10.0. The zero-order valence-corrected chi connectivity index (χ0v) is 19.7. The lowest BCUT2D eigenvalue weighted by Crippen LogP contribution is -2.52. The van der Waals surface area contributed by atoms with Crippen LogP contribution in [0.2, 0.25) is 0 Å². The molecule has 0 spiro atoms. The molecule has 0 heterocycles. The van der Waals surface area contributed by atoms with Crippen molar-refractivity contribution < 1.29 is 27.7 Å². The number of aliphatic hydroxyl groups excluding tert-OH is 1. The van der Waals surface area contributed by atoms with Gasteiger partial charge < -0.3 is 19.3 Å². The van der Waals surface area contributed by atoms with Crippen molar-refractivity contribution in [1.29, 1.82) is 0 Å². The molecule has 0 unspecified atom stereocenters. The highest BCUT2D eigenvalue weighted by atomic mass is 32.2. The molecule has 3 aromatic carbocycles. The van der Waals surface area contributed by atoms with E-state index in [0.717, 1.165) is 11.1 Å². The average Bonchev–Trinajstić information content (AvgIpc) is 2.88. The maximum atomic E-state index is 13.5. The molecule has 1 aliphatic carbocycles. The van der Waals surface area contributed by atoms with Crippen LogP contribution in [-0.2, 0) is 37.3 Å². The van der Waals surface area contributed by atoms with Gasteiger partial charge in [-0.05, 0) is 29.3 Å². The van der Waals surface area contributed by atoms with Gasteiger partial charge in [0.05, 0.1) is 23.0 Å². The lowest BCUT2D eigenvalue weighted by Gasteiger charge is -2.38. The summed E-state index contributed by atoms with van der Waals surface area (Å²) in [5.74, 6) is 0. The van der Waals surface area contributed by atoms with Gasteiger partial charge in [-0.15, -0.1) is 0 Å². The number of hydrogen-bond acceptors (Lipinski definition) is 6. The number of ether oxygens (including phenoxy) is 3. The third kappa shape index (κ3) is 5.46. The standard InChI is InChI=1S/C27H28O6S/c1-31-27-24(34(29,30)22-15-9-4-10-16-22)17-23(32-18-20-11-5-2-6-12-20)26(25(27)28)33-19-21-13-7-3-8-14-21/h2-17,23,25-28H,18-19H2,1H3/t23-,25-,26-,27+/m0/s1. The molecule has 4 rings (SSSR count). The Hall–Kier alpha value is -2.81. The second-order valence-electron chi connectivity index (χ2n) is 8.05. The highest BCUT2D eigenvalue weighted by Crippen LogP contribution is 2.33. The number of sulfone groups is 1. The fraction of sp³-hybridized carbons (Fsp3) is 0.259. The Morgan fingerprint density at radius 1 is 0.765 bits per heavy atom. The van der Waals surface area contributed by atoms with Gasteiger partial charge in [-0.1, -0.05) is 78.9 Å². The summed E-state index contributed by atoms with van der Waals surface area (Å²) >= 11 is 0. The zero-order chi connectivity index (χ0) is 24.0. The number of aliphatic hydroxyl groups is 1. The quantitative estimate of drug-likeness (QED) is 0.500. The zero-order valence-electron chi connectivity index (χ0n) is 18.9. The molecule has 3 aromatic rings. The van der Waals surface area contributed by atoms with Gasteiger partial charge in [-0.2, -0.15) is 0 Å². The van der Waals surface area contributed by atoms with Gasteiger partial charge in [0.25, 0.3) is 0 Å². The van der Waals surface area contributed by atoms with Crippen molar-refractivity contribution in [2.45, 2.75) is 42.5 Å². The Morgan fingerprint density at radius 3 is 1.79 bits per heavy atom. The van der Waals surface area contributed by atoms with E-state index in [9.17, 15) is 13.5 Å². The Balaban J connectivity index is 1.67. The maximum Gasteiger partial charge on any atom is 0.205 e. The summed E-state index contributed by atoms with van der Waals surface area (Å²) in [7, 11) is -2.55. The van der Waals surface area contributed by atoms with Gasteiger partial charge in [-0.25, -0.2) is 8.42 Å². The molecule has 0 bridgehead atoms. The summed E-state index contributed by atoms with van der Waals surface area (Å²) < 4.78 is 44.6. The fourth-order valence-corrected chi connectivity index (χ4v) is 5.63. The third-order valence-corrected chi connectivity index (χ3v) is 7.65. The number of benzene rings is 3. The Labute approximate surface area is 200 Å². The van der Waals surface area contributed by atoms with Crippen molar-refractivity contribution in [2.24, 2.45) is 0 Å². The third-order valence-electron chi connectivity index (χ3n) is 5.77. The molecule has 178 valence electrons. The molecule has 0 fully saturated rings. The molecule has 1 aliphatic rings. The minimum absolute atomic E-state index is 0.0358. The maximum absolute atomic E-state index is 13.5. The van der Waals surface area contributed by atoms with Gasteiger partial charge >= 0.3 is 0 Å². The smallest absolute Gasteiger partial charge is 0.205 e. The van der Waals surface area contributed by atoms with E-state index >= 15 is 0 Å². The molecule has 0 saturated carbocycles. The first-order valence-electron chi connectivity index (χ1n) is 11.0. The van der Waals surface area contributed by atoms with Gasteiger partial charge in [0.1, 0.15) is 24.4 Å². The Bertz CT molecular complexity index is 1180. The van der Waals surface area contributed by atoms with Crippen LogP contribution >= 0.6 is 0 Å². The number of methoxy groups -OCH3 is 1. The van der Waals surface area contributed by atoms with Crippen LogP contribution in [0, 0.1) is 0 Å². The van der Waals surface area contributed by atoms with Crippen LogP contribution in [0.3, 0.4) is 0 Å². The van der Waals surface area contributed by atoms with Gasteiger partial charge in [0.15, 0.2) is 0 Å². The van der Waals surface area contributed by atoms with Gasteiger partial charge in [-0.3, -0.25) is 0 Å². The van der Waals surface area contributed by atoms with E-state index in [2.05, 4.69) is 0 Å². The summed E-state index contributed by atoms with van der Waals surface area (Å²) in [5, 5.41) is 11.2. The minimum atomic E-state index is -3.92. The SMILES string of the molecule is CO[C@@H]1C(S(=O)(=O)c2ccccc2)=C[C@H](OCc2ccccc2)[C@H](OCc2ccccc2)[C@@H]1O. The number of hydrogen-bond donors (Lipinski definition) is 1. The summed E-state index contributed by atoms with van der Waals surface area (Å²) in [6, 6.07) is 27.2. The molecule has 4 atom stereocenters. The lowest BCUT2D eigenvalue weighted by atomic mass is 9.95. The molecular formula is C27H28O6S. The van der Waals surface area contributed by atoms with Crippen molar-refractivity contribution in [3.63, 3.8) is 0 Å². The average molecular weight is 481 g/mol. The molecule has 7 heteroatoms. The topological polar surface area (TPSA) is 82.1 Å². The van der Waals surface area contributed by atoms with Crippen LogP contribution in [0.4, 0.5) is 0 Å². The highest BCUT2D eigenvalue weighted by molar-refractivity contribution is 7.95. The van der Waals surface area contributed by atoms with Crippen molar-refractivity contribution in [2.75, 3.05) is 7.11 Å². The Kier molecular flexibility index (Phi) is 7.92. The predicted octanol–water partition coefficient (Wildman–Crippen LogP) is 3.90. The van der Waals surface area contributed by atoms with E-state index in [1.807, 2.05) is 60.7 Å². The molecular weight excluding hydrogens is 452 g/mol. The summed E-state index contributed by atoms with van der Waals surface area (Å²) in [4.78, 5) is 0.0901. The second kappa shape index (κ2) is 11.1. The minimum Gasteiger partial charge on any atom is -0.387 e. The molecule has 0 saturated heterocycles. The van der Waals surface area contributed by atoms with Crippen LogP contribution in [0.5, 0.6) is 0 Å². The van der Waals surface area contributed by atoms with E-state index in [1.165, 1.54) is 25.3 Å². The van der Waals surface area contributed by atoms with E-state index in [-0.39, 0.29) is 23.0 Å². The monoisotopic (exact) mass is 480 g/mol. The summed E-state index contributed by atoms with van der Waals surface area (Å²) in [5.41, 5.74) is 1.85. The van der Waals surface area contributed by atoms with Gasteiger partial charge in [0, 0.05) is 7.11 Å². The van der Waals surface area contributed by atoms with Crippen molar-refractivity contribution in [3.05, 3.63) is 113 Å². The van der Waals surface area contributed by atoms with Crippen LogP contribution in [0.25, 0.3) is 0 Å². The largest absolute Gasteiger partial charge is 0.387 e. The van der Waals surface area contributed by atoms with E-state index in [0.29, 0.717) is 0 Å². The van der Waals surface area contributed by atoms with E-state index < -0.39 is 34.3 Å². The van der Waals surface area contributed by atoms with Crippen molar-refractivity contribution in [1.82, 2.24) is 0 Å². The first-order valence-corrected chi connectivity index (χ1v) is 12.5. The predicted molar refractivity (Wildman–Crippen MR) is 129 cm³/mol. The van der Waals surface area contributed by atoms with Crippen LogP contribution in [0.1, 0.15) is 11.1 Å². The normalized spacial score (nSPS) is 22.8. The van der Waals surface area contributed by atoms with Crippen molar-refractivity contribution >= 4 is 9.84 Å². The molecule has 0 radical (unpaired) electrons. The molecule has 34 heavy (non-hydrogen) atoms. The molecule has 0 aromatic heterocycles. The fourth-order valence-electron chi connectivity index (χ4n) is 3.99. The highest BCUT2D eigenvalue weighted by Gasteiger charge is 2.45. The van der Waals surface area contributed by atoms with Crippen LogP contribution in [-0.4, -0.2) is 45.0 Å². The first kappa shape index (κ1) is 24.3. The lowest BCUT2D eigenvalue weighted by molar-refractivity contribution is -0.150. The van der Waals surface area contributed by atoms with Crippen molar-refractivity contribution in [3.8, 4) is 0 Å². The van der Waals surface area contributed by atoms with Crippen LogP contribution in [0.15, 0.2) is 107 Å². The number of rotatable bonds is 9. The van der Waals surface area contributed by atoms with E-state index in [4.69, 9.17) is 14.2 Å². The molecule has 1 N–H and O–H groups in total. The molecule has 0 aliphatic heterocycles. The van der Waals surface area contributed by atoms with Gasteiger partial charge in [0.2, 0.25) is 9.84 Å². The summed E-state index contributed by atoms with van der Waals surface area (Å²) in [6.45, 7) is 0.467. The van der Waals surface area contributed by atoms with Crippen LogP contribution < -0.4 is 0 Å². The Morgan fingerprint density at radius 2 is 1.26 bits per heavy atom.